The van der Waals surface area contributed by atoms with E-state index in [1.165, 1.54) is 0 Å². The van der Waals surface area contributed by atoms with Crippen LogP contribution in [0.5, 0.6) is 0 Å². The van der Waals surface area contributed by atoms with E-state index in [4.69, 9.17) is 0 Å². The summed E-state index contributed by atoms with van der Waals surface area (Å²) in [5.74, 6) is 0.894. The number of carbonyl (C=O) groups is 1. The molecular weight excluding hydrogens is 124 g/mol. The lowest BCUT2D eigenvalue weighted by atomic mass is 10.1. The van der Waals surface area contributed by atoms with E-state index in [1.54, 1.807) is 0 Å². The highest BCUT2D eigenvalue weighted by atomic mass is 16.1. The third kappa shape index (κ3) is 1.69. The predicted molar refractivity (Wildman–Crippen MR) is 41.8 cm³/mol. The van der Waals surface area contributed by atoms with Gasteiger partial charge in [0.2, 0.25) is 0 Å². The van der Waals surface area contributed by atoms with Crippen LogP contribution in [0.1, 0.15) is 33.1 Å². The van der Waals surface area contributed by atoms with Crippen LogP contribution < -0.4 is 0 Å². The first kappa shape index (κ1) is 7.52. The number of Topliss-reactive ketones (excluding diaryl/α,β-unsaturated/α-hetero) is 1. The van der Waals surface area contributed by atoms with Gasteiger partial charge in [-0.2, -0.15) is 0 Å². The normalized spacial score (nSPS) is 23.1. The Morgan fingerprint density at radius 3 is 2.50 bits per heavy atom. The van der Waals surface area contributed by atoms with Gasteiger partial charge in [-0.15, -0.1) is 0 Å². The van der Waals surface area contributed by atoms with Crippen molar-refractivity contribution in [1.29, 1.82) is 0 Å². The Balaban J connectivity index is 2.62. The second-order valence-electron chi connectivity index (χ2n) is 3.21. The third-order valence-electron chi connectivity index (χ3n) is 1.74. The van der Waals surface area contributed by atoms with Crippen molar-refractivity contribution in [2.45, 2.75) is 33.1 Å². The zero-order valence-corrected chi connectivity index (χ0v) is 6.68. The molecule has 0 aromatic rings. The maximum Gasteiger partial charge on any atom is 0.158 e. The van der Waals surface area contributed by atoms with E-state index in [-0.39, 0.29) is 0 Å². The molecule has 10 heavy (non-hydrogen) atoms. The minimum atomic E-state index is 0.369. The van der Waals surface area contributed by atoms with Crippen LogP contribution >= 0.6 is 0 Å². The maximum absolute atomic E-state index is 11.0. The van der Waals surface area contributed by atoms with Gasteiger partial charge in [-0.1, -0.05) is 19.9 Å². The molecule has 0 atom stereocenters. The first-order valence-electron chi connectivity index (χ1n) is 3.94. The molecule has 0 heterocycles. The molecule has 0 unspecified atom stereocenters. The lowest BCUT2D eigenvalue weighted by molar-refractivity contribution is -0.114. The standard InChI is InChI=1S/C9H14O/c1-7(2)6-8-4-3-5-9(8)10/h6-7H,3-5H2,1-2H3. The fourth-order valence-corrected chi connectivity index (χ4v) is 1.32. The van der Waals surface area contributed by atoms with Gasteiger partial charge in [-0.05, 0) is 24.3 Å². The van der Waals surface area contributed by atoms with Crippen LogP contribution in [-0.2, 0) is 4.79 Å². The lowest BCUT2D eigenvalue weighted by Gasteiger charge is -1.96. The van der Waals surface area contributed by atoms with E-state index in [0.29, 0.717) is 11.7 Å². The van der Waals surface area contributed by atoms with Gasteiger partial charge in [-0.3, -0.25) is 4.79 Å². The summed E-state index contributed by atoms with van der Waals surface area (Å²) in [6, 6.07) is 0. The van der Waals surface area contributed by atoms with E-state index in [1.807, 2.05) is 0 Å². The second kappa shape index (κ2) is 3.00. The highest BCUT2D eigenvalue weighted by molar-refractivity contribution is 5.97. The van der Waals surface area contributed by atoms with Crippen LogP contribution in [0.3, 0.4) is 0 Å². The monoisotopic (exact) mass is 138 g/mol. The molecule has 1 saturated carbocycles. The SMILES string of the molecule is CC(C)C=C1CCCC1=O. The van der Waals surface area contributed by atoms with Gasteiger partial charge in [-0.25, -0.2) is 0 Å². The van der Waals surface area contributed by atoms with Crippen LogP contribution in [0.15, 0.2) is 11.6 Å². The molecule has 0 amide bonds. The van der Waals surface area contributed by atoms with Crippen molar-refractivity contribution in [2.75, 3.05) is 0 Å². The van der Waals surface area contributed by atoms with Gasteiger partial charge in [0.25, 0.3) is 0 Å². The summed E-state index contributed by atoms with van der Waals surface area (Å²) in [5, 5.41) is 0. The Kier molecular flexibility index (Phi) is 2.25. The fourth-order valence-electron chi connectivity index (χ4n) is 1.32. The smallest absolute Gasteiger partial charge is 0.158 e. The highest BCUT2D eigenvalue weighted by Crippen LogP contribution is 2.21. The van der Waals surface area contributed by atoms with E-state index in [0.717, 1.165) is 24.8 Å². The molecule has 1 heteroatoms. The topological polar surface area (TPSA) is 17.1 Å². The first-order valence-corrected chi connectivity index (χ1v) is 3.94. The van der Waals surface area contributed by atoms with Crippen molar-refractivity contribution >= 4 is 5.78 Å². The Labute approximate surface area is 62.1 Å². The number of rotatable bonds is 1. The zero-order chi connectivity index (χ0) is 7.56. The summed E-state index contributed by atoms with van der Waals surface area (Å²) in [6.07, 6.45) is 4.95. The fraction of sp³-hybridized carbons (Fsp3) is 0.667. The summed E-state index contributed by atoms with van der Waals surface area (Å²) in [4.78, 5) is 11.0. The van der Waals surface area contributed by atoms with Crippen molar-refractivity contribution in [2.24, 2.45) is 5.92 Å². The molecular formula is C9H14O. The second-order valence-corrected chi connectivity index (χ2v) is 3.21. The van der Waals surface area contributed by atoms with E-state index in [9.17, 15) is 4.79 Å². The average molecular weight is 138 g/mol. The molecule has 0 spiro atoms. The quantitative estimate of drug-likeness (QED) is 0.508. The van der Waals surface area contributed by atoms with Crippen LogP contribution in [0.25, 0.3) is 0 Å². The summed E-state index contributed by atoms with van der Waals surface area (Å²) in [6.45, 7) is 4.22. The summed E-state index contributed by atoms with van der Waals surface area (Å²) < 4.78 is 0. The van der Waals surface area contributed by atoms with Gasteiger partial charge >= 0.3 is 0 Å². The molecule has 0 aromatic carbocycles. The largest absolute Gasteiger partial charge is 0.295 e. The Morgan fingerprint density at radius 1 is 1.40 bits per heavy atom. The molecule has 0 aromatic heterocycles. The Morgan fingerprint density at radius 2 is 2.10 bits per heavy atom. The van der Waals surface area contributed by atoms with Crippen LogP contribution in [-0.4, -0.2) is 5.78 Å². The van der Waals surface area contributed by atoms with Crippen molar-refractivity contribution in [3.63, 3.8) is 0 Å². The highest BCUT2D eigenvalue weighted by Gasteiger charge is 2.16. The maximum atomic E-state index is 11.0. The van der Waals surface area contributed by atoms with Crippen LogP contribution in [0, 0.1) is 5.92 Å². The third-order valence-corrected chi connectivity index (χ3v) is 1.74. The van der Waals surface area contributed by atoms with E-state index in [2.05, 4.69) is 19.9 Å². The molecule has 1 rings (SSSR count). The number of carbonyl (C=O) groups excluding carboxylic acids is 1. The minimum absolute atomic E-state index is 0.369. The van der Waals surface area contributed by atoms with E-state index < -0.39 is 0 Å². The number of hydrogen-bond donors (Lipinski definition) is 0. The van der Waals surface area contributed by atoms with Crippen molar-refractivity contribution in [1.82, 2.24) is 0 Å². The predicted octanol–water partition coefficient (Wildman–Crippen LogP) is 2.32. The van der Waals surface area contributed by atoms with Crippen LogP contribution in [0.4, 0.5) is 0 Å². The number of ketones is 1. The van der Waals surface area contributed by atoms with Crippen molar-refractivity contribution in [3.8, 4) is 0 Å². The first-order chi connectivity index (χ1) is 4.70. The average Bonchev–Trinajstić information content (AvgIpc) is 2.15. The lowest BCUT2D eigenvalue weighted by Crippen LogP contribution is -1.93. The Bertz CT molecular complexity index is 166. The molecule has 56 valence electrons. The van der Waals surface area contributed by atoms with Crippen LogP contribution in [0.2, 0.25) is 0 Å². The van der Waals surface area contributed by atoms with Gasteiger partial charge < -0.3 is 0 Å². The zero-order valence-electron chi connectivity index (χ0n) is 6.68. The van der Waals surface area contributed by atoms with Gasteiger partial charge in [0.1, 0.15) is 0 Å². The summed E-state index contributed by atoms with van der Waals surface area (Å²) >= 11 is 0. The molecule has 1 aliphatic rings. The summed E-state index contributed by atoms with van der Waals surface area (Å²) in [7, 11) is 0. The van der Waals surface area contributed by atoms with Crippen molar-refractivity contribution < 1.29 is 4.79 Å². The number of allylic oxidation sites excluding steroid dienone is 2. The van der Waals surface area contributed by atoms with E-state index >= 15 is 0 Å². The van der Waals surface area contributed by atoms with Gasteiger partial charge in [0.15, 0.2) is 5.78 Å². The molecule has 1 fully saturated rings. The molecule has 0 N–H and O–H groups in total. The Hall–Kier alpha value is -0.590. The summed E-state index contributed by atoms with van der Waals surface area (Å²) in [5.41, 5.74) is 1.06. The minimum Gasteiger partial charge on any atom is -0.295 e. The van der Waals surface area contributed by atoms with Crippen molar-refractivity contribution in [3.05, 3.63) is 11.6 Å². The number of hydrogen-bond acceptors (Lipinski definition) is 1. The molecule has 0 bridgehead atoms. The molecule has 0 radical (unpaired) electrons. The van der Waals surface area contributed by atoms with Gasteiger partial charge in [0, 0.05) is 6.42 Å². The molecule has 1 nitrogen and oxygen atoms in total. The molecule has 0 saturated heterocycles. The molecule has 0 aliphatic heterocycles. The molecule has 1 aliphatic carbocycles. The van der Waals surface area contributed by atoms with Gasteiger partial charge in [0.05, 0.1) is 0 Å².